The van der Waals surface area contributed by atoms with Crippen LogP contribution >= 0.6 is 11.6 Å². The van der Waals surface area contributed by atoms with Crippen LogP contribution in [-0.2, 0) is 6.42 Å². The van der Waals surface area contributed by atoms with E-state index in [1.807, 2.05) is 18.3 Å². The Morgan fingerprint density at radius 3 is 2.91 bits per heavy atom. The Labute approximate surface area is 138 Å². The second-order valence-electron chi connectivity index (χ2n) is 5.43. The minimum atomic E-state index is 0.535. The molecule has 1 heterocycles. The smallest absolute Gasteiger partial charge is 0.191 e. The van der Waals surface area contributed by atoms with Crippen molar-refractivity contribution in [2.24, 2.45) is 4.99 Å². The number of pyridine rings is 1. The van der Waals surface area contributed by atoms with Crippen LogP contribution in [0.5, 0.6) is 0 Å². The van der Waals surface area contributed by atoms with Crippen molar-refractivity contribution in [1.82, 2.24) is 15.6 Å². The standard InChI is InChI=1S/C17H25ClN4/c1-2-19-17(20-11-9-14-5-3-4-6-14)21-12-10-15-7-8-16(18)22-13-15/h5,7-8,13H,2-4,6,9-12H2,1H3,(H2,19,20,21). The van der Waals surface area contributed by atoms with Gasteiger partial charge >= 0.3 is 0 Å². The third-order valence-corrected chi connectivity index (χ3v) is 3.90. The highest BCUT2D eigenvalue weighted by Crippen LogP contribution is 2.20. The molecule has 2 rings (SSSR count). The van der Waals surface area contributed by atoms with Crippen molar-refractivity contribution in [3.05, 3.63) is 40.7 Å². The number of allylic oxidation sites excluding steroid dienone is 1. The molecule has 1 aliphatic rings. The van der Waals surface area contributed by atoms with Gasteiger partial charge in [-0.05, 0) is 50.7 Å². The topological polar surface area (TPSA) is 49.3 Å². The third kappa shape index (κ3) is 6.06. The van der Waals surface area contributed by atoms with Gasteiger partial charge < -0.3 is 10.6 Å². The summed E-state index contributed by atoms with van der Waals surface area (Å²) in [6.45, 7) is 4.64. The Hall–Kier alpha value is -1.55. The summed E-state index contributed by atoms with van der Waals surface area (Å²) in [7, 11) is 0. The van der Waals surface area contributed by atoms with Crippen LogP contribution in [0, 0.1) is 0 Å². The molecule has 0 atom stereocenters. The average molecular weight is 321 g/mol. The normalized spacial score (nSPS) is 14.8. The summed E-state index contributed by atoms with van der Waals surface area (Å²) in [5, 5.41) is 7.19. The van der Waals surface area contributed by atoms with Crippen LogP contribution in [0.1, 0.15) is 38.2 Å². The molecule has 1 aliphatic carbocycles. The molecule has 0 unspecified atom stereocenters. The molecule has 22 heavy (non-hydrogen) atoms. The number of aliphatic imine (C=N–C) groups is 1. The van der Waals surface area contributed by atoms with E-state index in [4.69, 9.17) is 11.6 Å². The molecule has 0 aliphatic heterocycles. The second kappa shape index (κ2) is 9.46. The molecule has 1 aromatic heterocycles. The number of aromatic nitrogens is 1. The maximum atomic E-state index is 5.79. The van der Waals surface area contributed by atoms with Crippen molar-refractivity contribution >= 4 is 17.6 Å². The van der Waals surface area contributed by atoms with Gasteiger partial charge in [0.05, 0.1) is 0 Å². The van der Waals surface area contributed by atoms with E-state index in [0.717, 1.165) is 38.4 Å². The number of halogens is 1. The van der Waals surface area contributed by atoms with Crippen LogP contribution in [0.2, 0.25) is 5.15 Å². The minimum Gasteiger partial charge on any atom is -0.357 e. The molecule has 0 aromatic carbocycles. The molecular weight excluding hydrogens is 296 g/mol. The lowest BCUT2D eigenvalue weighted by Gasteiger charge is -2.11. The summed E-state index contributed by atoms with van der Waals surface area (Å²) in [5.41, 5.74) is 2.73. The fourth-order valence-electron chi connectivity index (χ4n) is 2.50. The fraction of sp³-hybridized carbons (Fsp3) is 0.529. The van der Waals surface area contributed by atoms with Crippen molar-refractivity contribution in [2.75, 3.05) is 19.6 Å². The first kappa shape index (κ1) is 16.8. The van der Waals surface area contributed by atoms with Crippen molar-refractivity contribution in [1.29, 1.82) is 0 Å². The zero-order valence-electron chi connectivity index (χ0n) is 13.2. The minimum absolute atomic E-state index is 0.535. The van der Waals surface area contributed by atoms with Gasteiger partial charge in [-0.2, -0.15) is 0 Å². The van der Waals surface area contributed by atoms with Gasteiger partial charge in [-0.15, -0.1) is 0 Å². The van der Waals surface area contributed by atoms with Crippen LogP contribution in [0.25, 0.3) is 0 Å². The molecule has 5 heteroatoms. The highest BCUT2D eigenvalue weighted by molar-refractivity contribution is 6.29. The number of hydrogen-bond acceptors (Lipinski definition) is 2. The fourth-order valence-corrected chi connectivity index (χ4v) is 2.61. The quantitative estimate of drug-likeness (QED) is 0.351. The van der Waals surface area contributed by atoms with E-state index in [0.29, 0.717) is 5.15 Å². The van der Waals surface area contributed by atoms with Crippen LogP contribution in [0.15, 0.2) is 35.0 Å². The van der Waals surface area contributed by atoms with Gasteiger partial charge in [0.25, 0.3) is 0 Å². The SMILES string of the molecule is CCNC(=NCCC1=CCCC1)NCCc1ccc(Cl)nc1. The zero-order chi connectivity index (χ0) is 15.6. The van der Waals surface area contributed by atoms with Crippen LogP contribution < -0.4 is 10.6 Å². The van der Waals surface area contributed by atoms with Crippen molar-refractivity contribution in [3.8, 4) is 0 Å². The Morgan fingerprint density at radius 2 is 2.23 bits per heavy atom. The predicted molar refractivity (Wildman–Crippen MR) is 93.5 cm³/mol. The van der Waals surface area contributed by atoms with E-state index in [9.17, 15) is 0 Å². The molecule has 1 aromatic rings. The van der Waals surface area contributed by atoms with Crippen LogP contribution in [0.3, 0.4) is 0 Å². The summed E-state index contributed by atoms with van der Waals surface area (Å²) < 4.78 is 0. The lowest BCUT2D eigenvalue weighted by molar-refractivity contribution is 0.788. The summed E-state index contributed by atoms with van der Waals surface area (Å²) in [5.74, 6) is 0.892. The molecule has 2 N–H and O–H groups in total. The molecule has 0 saturated heterocycles. The number of hydrogen-bond donors (Lipinski definition) is 2. The first-order chi connectivity index (χ1) is 10.8. The van der Waals surface area contributed by atoms with E-state index >= 15 is 0 Å². The Kier molecular flexibility index (Phi) is 7.23. The average Bonchev–Trinajstić information content (AvgIpc) is 3.02. The Morgan fingerprint density at radius 1 is 1.32 bits per heavy atom. The van der Waals surface area contributed by atoms with E-state index in [1.165, 1.54) is 24.8 Å². The molecular formula is C17H25ClN4. The first-order valence-electron chi connectivity index (χ1n) is 8.08. The first-order valence-corrected chi connectivity index (χ1v) is 8.46. The van der Waals surface area contributed by atoms with Gasteiger partial charge in [-0.3, -0.25) is 4.99 Å². The maximum absolute atomic E-state index is 5.79. The van der Waals surface area contributed by atoms with Gasteiger partial charge in [-0.25, -0.2) is 4.98 Å². The van der Waals surface area contributed by atoms with Crippen LogP contribution in [-0.4, -0.2) is 30.6 Å². The lowest BCUT2D eigenvalue weighted by Crippen LogP contribution is -2.38. The van der Waals surface area contributed by atoms with Gasteiger partial charge in [0, 0.05) is 25.8 Å². The van der Waals surface area contributed by atoms with Crippen molar-refractivity contribution in [3.63, 3.8) is 0 Å². The number of guanidine groups is 1. The molecule has 0 spiro atoms. The van der Waals surface area contributed by atoms with Crippen LogP contribution in [0.4, 0.5) is 0 Å². The molecule has 120 valence electrons. The number of nitrogens with zero attached hydrogens (tertiary/aromatic N) is 2. The van der Waals surface area contributed by atoms with E-state index in [1.54, 1.807) is 5.57 Å². The highest BCUT2D eigenvalue weighted by Gasteiger charge is 2.04. The highest BCUT2D eigenvalue weighted by atomic mass is 35.5. The van der Waals surface area contributed by atoms with E-state index in [2.05, 4.69) is 33.6 Å². The maximum Gasteiger partial charge on any atom is 0.191 e. The Balaban J connectivity index is 1.73. The third-order valence-electron chi connectivity index (χ3n) is 3.68. The van der Waals surface area contributed by atoms with Gasteiger partial charge in [0.15, 0.2) is 5.96 Å². The largest absolute Gasteiger partial charge is 0.357 e. The van der Waals surface area contributed by atoms with Gasteiger partial charge in [-0.1, -0.05) is 29.3 Å². The van der Waals surface area contributed by atoms with Crippen molar-refractivity contribution < 1.29 is 0 Å². The summed E-state index contributed by atoms with van der Waals surface area (Å²) in [4.78, 5) is 8.73. The number of rotatable bonds is 7. The Bertz CT molecular complexity index is 508. The van der Waals surface area contributed by atoms with Gasteiger partial charge in [0.1, 0.15) is 5.15 Å². The van der Waals surface area contributed by atoms with E-state index < -0.39 is 0 Å². The van der Waals surface area contributed by atoms with Crippen molar-refractivity contribution in [2.45, 2.75) is 39.0 Å². The molecule has 0 bridgehead atoms. The summed E-state index contributed by atoms with van der Waals surface area (Å²) >= 11 is 5.79. The molecule has 0 amide bonds. The number of nitrogens with one attached hydrogen (secondary N) is 2. The zero-order valence-corrected chi connectivity index (χ0v) is 14.0. The summed E-state index contributed by atoms with van der Waals surface area (Å²) in [6, 6.07) is 3.83. The molecule has 0 fully saturated rings. The molecule has 0 radical (unpaired) electrons. The predicted octanol–water partition coefficient (Wildman–Crippen LogP) is 3.33. The molecule has 0 saturated carbocycles. The second-order valence-corrected chi connectivity index (χ2v) is 5.82. The summed E-state index contributed by atoms with van der Waals surface area (Å²) in [6.07, 6.45) is 9.98. The van der Waals surface area contributed by atoms with E-state index in [-0.39, 0.29) is 0 Å². The lowest BCUT2D eigenvalue weighted by atomic mass is 10.2. The molecule has 4 nitrogen and oxygen atoms in total. The van der Waals surface area contributed by atoms with Gasteiger partial charge in [0.2, 0.25) is 0 Å². The monoisotopic (exact) mass is 320 g/mol.